The summed E-state index contributed by atoms with van der Waals surface area (Å²) in [5.74, 6) is 0. The fourth-order valence-electron chi connectivity index (χ4n) is 0. The van der Waals surface area contributed by atoms with Crippen LogP contribution in [0.15, 0.2) is 0 Å². The fourth-order valence-corrected chi connectivity index (χ4v) is 0. The van der Waals surface area contributed by atoms with Gasteiger partial charge in [-0.25, -0.2) is 0 Å². The molecule has 3 nitrogen and oxygen atoms in total. The zero-order chi connectivity index (χ0) is 4.28. The molecule has 0 aromatic rings. The molecule has 0 aliphatic heterocycles. The molecule has 0 saturated heterocycles. The van der Waals surface area contributed by atoms with Crippen LogP contribution in [0.4, 0.5) is 4.79 Å². The molecule has 0 saturated carbocycles. The van der Waals surface area contributed by atoms with E-state index in [1.54, 1.807) is 0 Å². The Morgan fingerprint density at radius 2 is 1.86 bits per heavy atom. The summed E-state index contributed by atoms with van der Waals surface area (Å²) in [7, 11) is 1.41. The van der Waals surface area contributed by atoms with Crippen molar-refractivity contribution in [2.45, 2.75) is 0 Å². The SMILES string of the molecule is CNC([NH-])=O.[CH3-].[Y]. The Morgan fingerprint density at radius 1 is 1.71 bits per heavy atom. The van der Waals surface area contributed by atoms with Crippen LogP contribution >= 0.6 is 0 Å². The molecule has 2 N–H and O–H groups in total. The Hall–Kier alpha value is 0.374. The second-order valence-corrected chi connectivity index (χ2v) is 0.579. The van der Waals surface area contributed by atoms with Crippen LogP contribution in [0.5, 0.6) is 0 Å². The van der Waals surface area contributed by atoms with E-state index in [1.807, 2.05) is 0 Å². The predicted molar refractivity (Wildman–Crippen MR) is 25.2 cm³/mol. The van der Waals surface area contributed by atoms with Gasteiger partial charge in [0.15, 0.2) is 0 Å². The number of urea groups is 1. The summed E-state index contributed by atoms with van der Waals surface area (Å²) in [4.78, 5) is 9.37. The van der Waals surface area contributed by atoms with Crippen molar-refractivity contribution in [3.63, 3.8) is 0 Å². The first-order chi connectivity index (χ1) is 2.27. The van der Waals surface area contributed by atoms with Gasteiger partial charge in [0.1, 0.15) is 6.03 Å². The van der Waals surface area contributed by atoms with Gasteiger partial charge < -0.3 is 18.5 Å². The molecule has 2 amide bonds. The van der Waals surface area contributed by atoms with E-state index in [1.165, 1.54) is 7.05 Å². The Kier molecular flexibility index (Phi) is 21.5. The van der Waals surface area contributed by atoms with Gasteiger partial charge in [-0.1, -0.05) is 7.05 Å². The summed E-state index contributed by atoms with van der Waals surface area (Å²) in [5.41, 5.74) is 6.08. The Morgan fingerprint density at radius 3 is 1.86 bits per heavy atom. The number of carbonyl (C=O) groups excluding carboxylic acids is 1. The van der Waals surface area contributed by atoms with Crippen molar-refractivity contribution in [1.82, 2.24) is 5.32 Å². The van der Waals surface area contributed by atoms with Crippen molar-refractivity contribution in [3.8, 4) is 0 Å². The van der Waals surface area contributed by atoms with E-state index in [0.717, 1.165) is 0 Å². The van der Waals surface area contributed by atoms with E-state index < -0.39 is 6.03 Å². The van der Waals surface area contributed by atoms with Gasteiger partial charge in [0.05, 0.1) is 0 Å². The van der Waals surface area contributed by atoms with Crippen molar-refractivity contribution in [1.29, 1.82) is 0 Å². The van der Waals surface area contributed by atoms with Gasteiger partial charge in [-0.05, 0) is 0 Å². The Bertz CT molecular complexity index is 48.2. The summed E-state index contributed by atoms with van der Waals surface area (Å²) in [6.45, 7) is 0. The monoisotopic (exact) mass is 177 g/mol. The second-order valence-electron chi connectivity index (χ2n) is 0.579. The molecule has 7 heavy (non-hydrogen) atoms. The third-order valence-electron chi connectivity index (χ3n) is 0.227. The van der Waals surface area contributed by atoms with Gasteiger partial charge in [-0.15, -0.1) is 0 Å². The van der Waals surface area contributed by atoms with Gasteiger partial charge in [0.25, 0.3) is 0 Å². The van der Waals surface area contributed by atoms with Gasteiger partial charge >= 0.3 is 0 Å². The second kappa shape index (κ2) is 9.62. The summed E-state index contributed by atoms with van der Waals surface area (Å²) in [6, 6.07) is -0.745. The van der Waals surface area contributed by atoms with Crippen LogP contribution in [0.3, 0.4) is 0 Å². The van der Waals surface area contributed by atoms with E-state index in [0.29, 0.717) is 0 Å². The maximum atomic E-state index is 9.37. The van der Waals surface area contributed by atoms with E-state index in [-0.39, 0.29) is 40.1 Å². The van der Waals surface area contributed by atoms with Crippen molar-refractivity contribution >= 4 is 6.03 Å². The van der Waals surface area contributed by atoms with Crippen molar-refractivity contribution < 1.29 is 37.5 Å². The average molecular weight is 177 g/mol. The Balaban J connectivity index is -0.0000000800. The third kappa shape index (κ3) is 21.6. The molecule has 0 aromatic heterocycles. The minimum Gasteiger partial charge on any atom is -0.453 e. The quantitative estimate of drug-likeness (QED) is 0.547. The standard InChI is InChI=1S/C2H6N2O.CH3.Y/c1-4-2(3)5;;/h1H3,(H3,3,4,5);1H3;/q;-1;/p-1. The number of hydrogen-bond donors (Lipinski definition) is 1. The van der Waals surface area contributed by atoms with Crippen LogP contribution < -0.4 is 5.32 Å². The van der Waals surface area contributed by atoms with Crippen molar-refractivity contribution in [3.05, 3.63) is 13.2 Å². The van der Waals surface area contributed by atoms with Crippen LogP contribution in [0, 0.1) is 7.43 Å². The average Bonchev–Trinajstić information content (AvgIpc) is 1.38. The molecule has 0 unspecified atom stereocenters. The van der Waals surface area contributed by atoms with Crippen LogP contribution in [-0.2, 0) is 32.7 Å². The first-order valence-corrected chi connectivity index (χ1v) is 1.20. The molecular formula is C3H8N2OY-2. The molecule has 0 rings (SSSR count). The maximum absolute atomic E-state index is 9.37. The molecule has 41 valence electrons. The van der Waals surface area contributed by atoms with Crippen molar-refractivity contribution in [2.75, 3.05) is 7.05 Å². The smallest absolute Gasteiger partial charge is 0.149 e. The number of hydrogen-bond acceptors (Lipinski definition) is 1. The largest absolute Gasteiger partial charge is 0.453 e. The summed E-state index contributed by atoms with van der Waals surface area (Å²) >= 11 is 0. The van der Waals surface area contributed by atoms with E-state index in [2.05, 4.69) is 5.32 Å². The Labute approximate surface area is 68.9 Å². The molecule has 0 atom stereocenters. The minimum absolute atomic E-state index is 0. The maximum Gasteiger partial charge on any atom is 0.149 e. The summed E-state index contributed by atoms with van der Waals surface area (Å²) in [6.07, 6.45) is 0. The molecule has 0 fully saturated rings. The van der Waals surface area contributed by atoms with E-state index in [4.69, 9.17) is 5.73 Å². The summed E-state index contributed by atoms with van der Waals surface area (Å²) in [5, 5.41) is 2.06. The van der Waals surface area contributed by atoms with Gasteiger partial charge in [-0.2, -0.15) is 0 Å². The number of amides is 2. The molecule has 0 spiro atoms. The van der Waals surface area contributed by atoms with Gasteiger partial charge in [0.2, 0.25) is 0 Å². The van der Waals surface area contributed by atoms with Crippen molar-refractivity contribution in [2.24, 2.45) is 0 Å². The van der Waals surface area contributed by atoms with Crippen LogP contribution in [0.2, 0.25) is 0 Å². The number of rotatable bonds is 0. The van der Waals surface area contributed by atoms with E-state index >= 15 is 0 Å². The number of nitrogens with one attached hydrogen (secondary N) is 2. The topological polar surface area (TPSA) is 52.9 Å². The van der Waals surface area contributed by atoms with Crippen LogP contribution in [-0.4, -0.2) is 13.1 Å². The molecule has 0 bridgehead atoms. The molecule has 0 aliphatic carbocycles. The number of carbonyl (C=O) groups is 1. The molecule has 0 aromatic carbocycles. The normalized spacial score (nSPS) is 4.71. The van der Waals surface area contributed by atoms with Crippen LogP contribution in [0.1, 0.15) is 0 Å². The first kappa shape index (κ1) is 15.7. The van der Waals surface area contributed by atoms with Gasteiger partial charge in [0, 0.05) is 32.7 Å². The molecule has 1 radical (unpaired) electrons. The predicted octanol–water partition coefficient (Wildman–Crippen LogP) is 0.826. The molecule has 0 aliphatic rings. The first-order valence-electron chi connectivity index (χ1n) is 1.20. The minimum atomic E-state index is -0.745. The van der Waals surface area contributed by atoms with Gasteiger partial charge in [-0.3, -0.25) is 4.79 Å². The van der Waals surface area contributed by atoms with Crippen LogP contribution in [0.25, 0.3) is 5.73 Å². The third-order valence-corrected chi connectivity index (χ3v) is 0.227. The van der Waals surface area contributed by atoms with E-state index in [9.17, 15) is 4.79 Å². The molecule has 0 heterocycles. The molecule has 4 heteroatoms. The zero-order valence-corrected chi connectivity index (χ0v) is 7.32. The molecular weight excluding hydrogens is 169 g/mol. The summed E-state index contributed by atoms with van der Waals surface area (Å²) < 4.78 is 0. The fraction of sp³-hybridized carbons (Fsp3) is 0.333. The zero-order valence-electron chi connectivity index (χ0n) is 4.49.